The van der Waals surface area contributed by atoms with Crippen molar-refractivity contribution in [3.05, 3.63) is 0 Å². The second-order valence-corrected chi connectivity index (χ2v) is 0.512. The Labute approximate surface area is 25.2 Å². The fourth-order valence-electron chi connectivity index (χ4n) is 0. The highest BCUT2D eigenvalue weighted by molar-refractivity contribution is 4.17. The maximum atomic E-state index is 7.75. The first-order valence-corrected chi connectivity index (χ1v) is 1.22. The van der Waals surface area contributed by atoms with Crippen molar-refractivity contribution in [2.75, 3.05) is 13.2 Å². The minimum atomic E-state index is 0.0972. The van der Waals surface area contributed by atoms with Gasteiger partial charge in [-0.1, -0.05) is 0 Å². The Hall–Kier alpha value is -0.0800. The van der Waals surface area contributed by atoms with Crippen molar-refractivity contribution in [3.8, 4) is 0 Å². The lowest BCUT2D eigenvalue weighted by atomic mass is 10.2. The molecule has 0 fully saturated rings. The molecule has 2 heteroatoms. The van der Waals surface area contributed by atoms with Crippen molar-refractivity contribution in [1.29, 1.82) is 0 Å². The van der Waals surface area contributed by atoms with Gasteiger partial charge < -0.3 is 10.8 Å². The first kappa shape index (κ1) is 3.92. The first-order chi connectivity index (χ1) is 1.91. The molecular weight excluding hydrogens is 53.0 g/mol. The fourth-order valence-corrected chi connectivity index (χ4v) is 0. The van der Waals surface area contributed by atoms with E-state index in [1.54, 1.807) is 0 Å². The molecule has 0 amide bonds. The van der Waals surface area contributed by atoms with E-state index in [-0.39, 0.29) is 6.61 Å². The molecular formula is C2H7NO. The van der Waals surface area contributed by atoms with Crippen molar-refractivity contribution in [2.24, 2.45) is 5.73 Å². The number of rotatable bonds is 1. The van der Waals surface area contributed by atoms with Gasteiger partial charge in [0, 0.05) is 6.54 Å². The largest absolute Gasteiger partial charge is 0.395 e. The van der Waals surface area contributed by atoms with Crippen molar-refractivity contribution < 1.29 is 5.11 Å². The molecule has 26 valence electrons. The average Bonchev–Trinajstić information content (AvgIpc) is 1.37. The molecule has 0 rings (SSSR count). The molecule has 0 aliphatic rings. The van der Waals surface area contributed by atoms with E-state index in [1.807, 2.05) is 0 Å². The molecule has 0 aromatic rings. The predicted octanol–water partition coefficient (Wildman–Crippen LogP) is -1.06. The first-order valence-electron chi connectivity index (χ1n) is 1.22. The second-order valence-electron chi connectivity index (χ2n) is 0.512. The summed E-state index contributed by atoms with van der Waals surface area (Å²) in [7, 11) is 0. The summed E-state index contributed by atoms with van der Waals surface area (Å²) in [6, 6.07) is 0. The SMILES string of the molecule is N[11CH2]CO. The Morgan fingerprint density at radius 2 is 2.00 bits per heavy atom. The molecule has 0 radical (unpaired) electrons. The van der Waals surface area contributed by atoms with E-state index in [1.165, 1.54) is 0 Å². The zero-order valence-electron chi connectivity index (χ0n) is 2.44. The summed E-state index contributed by atoms with van der Waals surface area (Å²) in [5, 5.41) is 7.75. The van der Waals surface area contributed by atoms with E-state index in [0.717, 1.165) is 0 Å². The molecule has 0 spiro atoms. The van der Waals surface area contributed by atoms with Crippen LogP contribution in [0, 0.1) is 0 Å². The molecule has 0 aliphatic heterocycles. The van der Waals surface area contributed by atoms with Crippen LogP contribution in [0.2, 0.25) is 0 Å². The Morgan fingerprint density at radius 3 is 2.00 bits per heavy atom. The Balaban J connectivity index is 1.97. The number of aliphatic hydroxyl groups excluding tert-OH is 1. The van der Waals surface area contributed by atoms with E-state index in [9.17, 15) is 0 Å². The minimum absolute atomic E-state index is 0.0972. The average molecular weight is 60.1 g/mol. The predicted molar refractivity (Wildman–Crippen MR) is 16.1 cm³/mol. The maximum Gasteiger partial charge on any atom is 0.0553 e. The zero-order valence-corrected chi connectivity index (χ0v) is 2.44. The topological polar surface area (TPSA) is 46.2 Å². The van der Waals surface area contributed by atoms with E-state index >= 15 is 0 Å². The molecule has 0 atom stereocenters. The van der Waals surface area contributed by atoms with Gasteiger partial charge in [-0.3, -0.25) is 0 Å². The summed E-state index contributed by atoms with van der Waals surface area (Å²) in [5.41, 5.74) is 4.78. The van der Waals surface area contributed by atoms with E-state index in [4.69, 9.17) is 10.8 Å². The summed E-state index contributed by atoms with van der Waals surface area (Å²) in [4.78, 5) is 0. The lowest BCUT2D eigenvalue weighted by molar-refractivity contribution is 0.306. The van der Waals surface area contributed by atoms with Gasteiger partial charge in [0.2, 0.25) is 0 Å². The lowest BCUT2D eigenvalue weighted by Gasteiger charge is -1.71. The van der Waals surface area contributed by atoms with Crippen LogP contribution >= 0.6 is 0 Å². The highest BCUT2D eigenvalue weighted by Gasteiger charge is 1.56. The quantitative estimate of drug-likeness (QED) is 0.405. The van der Waals surface area contributed by atoms with Crippen LogP contribution in [0.4, 0.5) is 0 Å². The number of hydrogen-bond acceptors (Lipinski definition) is 2. The van der Waals surface area contributed by atoms with Gasteiger partial charge in [0.05, 0.1) is 6.61 Å². The molecule has 0 bridgehead atoms. The molecule has 0 heterocycles. The molecule has 0 aromatic carbocycles. The minimum Gasteiger partial charge on any atom is -0.395 e. The van der Waals surface area contributed by atoms with Crippen LogP contribution in [-0.4, -0.2) is 18.3 Å². The monoisotopic (exact) mass is 60.1 g/mol. The summed E-state index contributed by atoms with van der Waals surface area (Å²) < 4.78 is 0. The third-order valence-corrected chi connectivity index (χ3v) is 0.129. The van der Waals surface area contributed by atoms with Gasteiger partial charge in [-0.05, 0) is 0 Å². The maximum absolute atomic E-state index is 7.75. The summed E-state index contributed by atoms with van der Waals surface area (Å²) in [6.45, 7) is 0.472. The molecule has 4 heavy (non-hydrogen) atoms. The summed E-state index contributed by atoms with van der Waals surface area (Å²) in [6.07, 6.45) is 0. The number of aliphatic hydroxyl groups is 1. The smallest absolute Gasteiger partial charge is 0.0553 e. The van der Waals surface area contributed by atoms with Crippen LogP contribution in [0.25, 0.3) is 0 Å². The van der Waals surface area contributed by atoms with Crippen molar-refractivity contribution in [1.82, 2.24) is 0 Å². The molecule has 2 nitrogen and oxygen atoms in total. The Kier molecular flexibility index (Phi) is 2.86. The van der Waals surface area contributed by atoms with Gasteiger partial charge in [0.15, 0.2) is 0 Å². The third kappa shape index (κ3) is 1.92. The summed E-state index contributed by atoms with van der Waals surface area (Å²) in [5.74, 6) is 0. The number of hydrogen-bond donors (Lipinski definition) is 2. The standard InChI is InChI=1S/C2H7NO/c3-1-2-4/h4H,1-3H2/i1-1. The molecule has 3 N–H and O–H groups in total. The second kappa shape index (κ2) is 2.92. The van der Waals surface area contributed by atoms with E-state index in [2.05, 4.69) is 0 Å². The van der Waals surface area contributed by atoms with Gasteiger partial charge in [0.25, 0.3) is 0 Å². The van der Waals surface area contributed by atoms with Crippen LogP contribution in [0.3, 0.4) is 0 Å². The van der Waals surface area contributed by atoms with Gasteiger partial charge in [-0.2, -0.15) is 0 Å². The summed E-state index contributed by atoms with van der Waals surface area (Å²) >= 11 is 0. The van der Waals surface area contributed by atoms with Crippen LogP contribution < -0.4 is 5.73 Å². The molecule has 0 aliphatic carbocycles. The van der Waals surface area contributed by atoms with E-state index < -0.39 is 0 Å². The highest BCUT2D eigenvalue weighted by Crippen LogP contribution is 1.33. The van der Waals surface area contributed by atoms with Crippen LogP contribution in [0.15, 0.2) is 0 Å². The molecule has 0 unspecified atom stereocenters. The van der Waals surface area contributed by atoms with Crippen LogP contribution in [-0.2, 0) is 0 Å². The molecule has 0 saturated heterocycles. The van der Waals surface area contributed by atoms with Crippen LogP contribution in [0.1, 0.15) is 0 Å². The Morgan fingerprint density at radius 1 is 1.75 bits per heavy atom. The molecule has 0 aromatic heterocycles. The van der Waals surface area contributed by atoms with Crippen molar-refractivity contribution in [3.63, 3.8) is 0 Å². The van der Waals surface area contributed by atoms with Crippen molar-refractivity contribution >= 4 is 0 Å². The Bertz CT molecular complexity index is 8.00. The van der Waals surface area contributed by atoms with Gasteiger partial charge >= 0.3 is 0 Å². The third-order valence-electron chi connectivity index (χ3n) is 0.129. The lowest BCUT2D eigenvalue weighted by Crippen LogP contribution is -2.02. The van der Waals surface area contributed by atoms with E-state index in [0.29, 0.717) is 6.54 Å². The van der Waals surface area contributed by atoms with Crippen LogP contribution in [0.5, 0.6) is 0 Å². The fraction of sp³-hybridized carbons (Fsp3) is 1.00. The molecule has 0 saturated carbocycles. The highest BCUT2D eigenvalue weighted by atomic mass is 16.2. The van der Waals surface area contributed by atoms with Gasteiger partial charge in [-0.15, -0.1) is 0 Å². The van der Waals surface area contributed by atoms with Crippen molar-refractivity contribution in [2.45, 2.75) is 0 Å². The number of nitrogens with two attached hydrogens (primary N) is 1. The normalized spacial score (nSPS) is 7.50. The van der Waals surface area contributed by atoms with Gasteiger partial charge in [-0.25, -0.2) is 0 Å². The zero-order chi connectivity index (χ0) is 3.41. The van der Waals surface area contributed by atoms with Gasteiger partial charge in [0.1, 0.15) is 0 Å².